The number of phenols is 6. The maximum absolute atomic E-state index is 11.3. The normalized spacial score (nSPS) is 19.1. The predicted molar refractivity (Wildman–Crippen MR) is 188 cm³/mol. The summed E-state index contributed by atoms with van der Waals surface area (Å²) in [5.41, 5.74) is 5.86. The van der Waals surface area contributed by atoms with Gasteiger partial charge in [0.05, 0.1) is 11.8 Å². The summed E-state index contributed by atoms with van der Waals surface area (Å²) >= 11 is 0. The molecule has 0 saturated carbocycles. The molecular weight excluding hydrogens is 632 g/mol. The third kappa shape index (κ3) is 5.56. The monoisotopic (exact) mass is 664 g/mol. The van der Waals surface area contributed by atoms with Gasteiger partial charge in [-0.05, 0) is 81.9 Å². The Kier molecular flexibility index (Phi) is 7.49. The van der Waals surface area contributed by atoms with Crippen molar-refractivity contribution in [1.29, 1.82) is 0 Å². The third-order valence-electron chi connectivity index (χ3n) is 9.37. The minimum Gasteiger partial charge on any atom is -0.508 e. The van der Waals surface area contributed by atoms with Crippen LogP contribution in [0.15, 0.2) is 121 Å². The van der Waals surface area contributed by atoms with Crippen molar-refractivity contribution in [2.24, 2.45) is 0 Å². The van der Waals surface area contributed by atoms with E-state index in [4.69, 9.17) is 9.47 Å². The Morgan fingerprint density at radius 1 is 0.420 bits per heavy atom. The lowest BCUT2D eigenvalue weighted by atomic mass is 9.75. The van der Waals surface area contributed by atoms with Gasteiger partial charge in [-0.15, -0.1) is 0 Å². The molecule has 2 aliphatic heterocycles. The molecule has 8 heteroatoms. The van der Waals surface area contributed by atoms with Crippen molar-refractivity contribution in [1.82, 2.24) is 0 Å². The van der Waals surface area contributed by atoms with Gasteiger partial charge in [0.1, 0.15) is 58.2 Å². The molecule has 50 heavy (non-hydrogen) atoms. The number of rotatable bonds is 6. The molecule has 6 aromatic carbocycles. The van der Waals surface area contributed by atoms with E-state index in [-0.39, 0.29) is 34.5 Å². The first-order chi connectivity index (χ1) is 24.2. The van der Waals surface area contributed by atoms with Crippen LogP contribution in [0.4, 0.5) is 0 Å². The molecule has 6 aromatic rings. The zero-order valence-corrected chi connectivity index (χ0v) is 26.5. The highest BCUT2D eigenvalue weighted by Gasteiger charge is 2.46. The molecule has 6 N–H and O–H groups in total. The Hall–Kier alpha value is -6.54. The number of hydrogen-bond acceptors (Lipinski definition) is 8. The third-order valence-corrected chi connectivity index (χ3v) is 9.37. The average molecular weight is 665 g/mol. The Labute approximate surface area is 287 Å². The van der Waals surface area contributed by atoms with Crippen LogP contribution in [0, 0.1) is 0 Å². The predicted octanol–water partition coefficient (Wildman–Crippen LogP) is 8.62. The van der Waals surface area contributed by atoms with Gasteiger partial charge < -0.3 is 40.1 Å². The first kappa shape index (κ1) is 30.8. The van der Waals surface area contributed by atoms with Crippen LogP contribution in [0.3, 0.4) is 0 Å². The fourth-order valence-electron chi connectivity index (χ4n) is 7.29. The molecule has 0 aliphatic carbocycles. The highest BCUT2D eigenvalue weighted by molar-refractivity contribution is 5.76. The van der Waals surface area contributed by atoms with E-state index in [1.807, 2.05) is 42.5 Å². The molecule has 2 heterocycles. The van der Waals surface area contributed by atoms with Crippen LogP contribution in [-0.2, 0) is 0 Å². The maximum Gasteiger partial charge on any atom is 0.135 e. The molecule has 0 unspecified atom stereocenters. The molecule has 0 aromatic heterocycles. The summed E-state index contributed by atoms with van der Waals surface area (Å²) < 4.78 is 13.3. The number of ether oxygens (including phenoxy) is 2. The lowest BCUT2D eigenvalue weighted by Gasteiger charge is -2.26. The molecule has 8 rings (SSSR count). The molecule has 0 fully saturated rings. The van der Waals surface area contributed by atoms with Gasteiger partial charge in [-0.3, -0.25) is 0 Å². The SMILES string of the molecule is Oc1ccc([C@H]2Oc3cc(O)cc(C=Cc4ccccc4)c3[C@@H]2c2cc(O)cc3c2[C@@H](c2cc(O)cc(O)c2)[C@H](c2ccc(O)cc2)O3)cc1. The maximum atomic E-state index is 11.3. The highest BCUT2D eigenvalue weighted by atomic mass is 16.5. The van der Waals surface area contributed by atoms with Crippen molar-refractivity contribution < 1.29 is 40.1 Å². The van der Waals surface area contributed by atoms with E-state index in [2.05, 4.69) is 0 Å². The number of phenolic OH excluding ortho intramolecular Hbond substituents is 6. The van der Waals surface area contributed by atoms with Gasteiger partial charge in [-0.1, -0.05) is 66.7 Å². The fraction of sp³-hybridized carbons (Fsp3) is 0.0952. The number of fused-ring (bicyclic) bond motifs is 2. The van der Waals surface area contributed by atoms with Gasteiger partial charge >= 0.3 is 0 Å². The van der Waals surface area contributed by atoms with Crippen molar-refractivity contribution in [3.05, 3.63) is 166 Å². The van der Waals surface area contributed by atoms with Gasteiger partial charge in [-0.25, -0.2) is 0 Å². The Morgan fingerprint density at radius 3 is 1.54 bits per heavy atom. The van der Waals surface area contributed by atoms with E-state index in [0.717, 1.165) is 22.3 Å². The van der Waals surface area contributed by atoms with Crippen LogP contribution in [0.1, 0.15) is 68.6 Å². The second kappa shape index (κ2) is 12.2. The van der Waals surface area contributed by atoms with Gasteiger partial charge in [0, 0.05) is 29.3 Å². The second-order valence-corrected chi connectivity index (χ2v) is 12.6. The smallest absolute Gasteiger partial charge is 0.135 e. The first-order valence-corrected chi connectivity index (χ1v) is 16.1. The fourth-order valence-corrected chi connectivity index (χ4v) is 7.29. The summed E-state index contributed by atoms with van der Waals surface area (Å²) in [7, 11) is 0. The first-order valence-electron chi connectivity index (χ1n) is 16.1. The van der Waals surface area contributed by atoms with Gasteiger partial charge in [-0.2, -0.15) is 0 Å². The highest BCUT2D eigenvalue weighted by Crippen LogP contribution is 2.59. The largest absolute Gasteiger partial charge is 0.508 e. The van der Waals surface area contributed by atoms with Gasteiger partial charge in [0.15, 0.2) is 0 Å². The Bertz CT molecular complexity index is 2220. The van der Waals surface area contributed by atoms with Crippen molar-refractivity contribution in [2.45, 2.75) is 24.0 Å². The van der Waals surface area contributed by atoms with E-state index in [0.29, 0.717) is 33.8 Å². The molecule has 4 atom stereocenters. The molecule has 8 nitrogen and oxygen atoms in total. The van der Waals surface area contributed by atoms with Crippen LogP contribution in [-0.4, -0.2) is 30.6 Å². The van der Waals surface area contributed by atoms with E-state index in [1.165, 1.54) is 6.07 Å². The van der Waals surface area contributed by atoms with Crippen molar-refractivity contribution >= 4 is 12.2 Å². The molecular formula is C42H32O8. The lowest BCUT2D eigenvalue weighted by Crippen LogP contribution is -2.16. The quantitative estimate of drug-likeness (QED) is 0.0973. The van der Waals surface area contributed by atoms with Crippen molar-refractivity contribution in [3.63, 3.8) is 0 Å². The van der Waals surface area contributed by atoms with E-state index in [9.17, 15) is 30.6 Å². The van der Waals surface area contributed by atoms with Crippen LogP contribution >= 0.6 is 0 Å². The Balaban J connectivity index is 1.38. The van der Waals surface area contributed by atoms with Crippen LogP contribution in [0.2, 0.25) is 0 Å². The number of benzene rings is 6. The zero-order valence-electron chi connectivity index (χ0n) is 26.5. The molecule has 248 valence electrons. The second-order valence-electron chi connectivity index (χ2n) is 12.6. The van der Waals surface area contributed by atoms with Crippen molar-refractivity contribution in [2.75, 3.05) is 0 Å². The lowest BCUT2D eigenvalue weighted by molar-refractivity contribution is 0.219. The molecule has 0 bridgehead atoms. The van der Waals surface area contributed by atoms with Crippen LogP contribution in [0.5, 0.6) is 46.0 Å². The Morgan fingerprint density at radius 2 is 0.940 bits per heavy atom. The summed E-state index contributed by atoms with van der Waals surface area (Å²) in [5, 5.41) is 63.6. The summed E-state index contributed by atoms with van der Waals surface area (Å²) in [5.74, 6) is -0.385. The van der Waals surface area contributed by atoms with E-state index in [1.54, 1.807) is 84.9 Å². The average Bonchev–Trinajstić information content (AvgIpc) is 3.67. The standard InChI is InChI=1S/C42H32O8/c43-28-12-8-24(9-13-28)41-38(27-17-30(45)19-31(46)18-27)39-34(20-33(48)22-36(39)50-41)40-37-26(7-6-23-4-2-1-3-5-23)16-32(47)21-35(37)49-42(40)25-10-14-29(44)15-11-25/h1-22,38,40-48H/t38-,40+,41+,42-/m1/s1. The van der Waals surface area contributed by atoms with E-state index < -0.39 is 24.0 Å². The van der Waals surface area contributed by atoms with E-state index >= 15 is 0 Å². The molecule has 0 radical (unpaired) electrons. The summed E-state index contributed by atoms with van der Waals surface area (Å²) in [6.07, 6.45) is 2.55. The number of aromatic hydroxyl groups is 6. The summed E-state index contributed by atoms with van der Waals surface area (Å²) in [4.78, 5) is 0. The molecule has 0 amide bonds. The van der Waals surface area contributed by atoms with Gasteiger partial charge in [0.2, 0.25) is 0 Å². The van der Waals surface area contributed by atoms with Gasteiger partial charge in [0.25, 0.3) is 0 Å². The molecule has 0 saturated heterocycles. The molecule has 0 spiro atoms. The van der Waals surface area contributed by atoms with Crippen LogP contribution < -0.4 is 9.47 Å². The van der Waals surface area contributed by atoms with Crippen LogP contribution in [0.25, 0.3) is 12.2 Å². The van der Waals surface area contributed by atoms with Crippen molar-refractivity contribution in [3.8, 4) is 46.0 Å². The topological polar surface area (TPSA) is 140 Å². The minimum atomic E-state index is -0.668. The minimum absolute atomic E-state index is 0.0199. The molecule has 2 aliphatic rings. The zero-order chi connectivity index (χ0) is 34.5. The summed E-state index contributed by atoms with van der Waals surface area (Å²) in [6.45, 7) is 0. The number of hydrogen-bond donors (Lipinski definition) is 6. The summed E-state index contributed by atoms with van der Waals surface area (Å²) in [6, 6.07) is 34.1.